The highest BCUT2D eigenvalue weighted by Crippen LogP contribution is 2.40. The Balaban J connectivity index is 2.06. The molecule has 1 aliphatic carbocycles. The van der Waals surface area contributed by atoms with Crippen molar-refractivity contribution in [1.29, 1.82) is 0 Å². The minimum Gasteiger partial charge on any atom is -0.388 e. The zero-order chi connectivity index (χ0) is 11.7. The van der Waals surface area contributed by atoms with Crippen molar-refractivity contribution in [3.63, 3.8) is 0 Å². The average Bonchev–Trinajstić information content (AvgIpc) is 2.62. The third-order valence-electron chi connectivity index (χ3n) is 3.59. The molecular weight excluding hydrogens is 331 g/mol. The number of hydrogen-bond acceptors (Lipinski definition) is 2. The van der Waals surface area contributed by atoms with Gasteiger partial charge in [0.2, 0.25) is 0 Å². The molecule has 16 heavy (non-hydrogen) atoms. The molecule has 0 saturated heterocycles. The first-order chi connectivity index (χ1) is 7.56. The number of rotatable bonds is 2. The monoisotopic (exact) mass is 350 g/mol. The standard InChI is InChI=1S/C13H19IOS/c1-8-3-9(2)5-10(4-8)13(15)11-6-12(14)16-7-11/h6-10,13,15H,3-5H2,1-2H3. The third kappa shape index (κ3) is 2.99. The number of aliphatic hydroxyl groups excluding tert-OH is 1. The van der Waals surface area contributed by atoms with Gasteiger partial charge in [0.05, 0.1) is 8.99 Å². The van der Waals surface area contributed by atoms with Crippen LogP contribution < -0.4 is 0 Å². The van der Waals surface area contributed by atoms with Crippen LogP contribution in [0.5, 0.6) is 0 Å². The van der Waals surface area contributed by atoms with Gasteiger partial charge in [0, 0.05) is 0 Å². The van der Waals surface area contributed by atoms with E-state index in [1.807, 2.05) is 0 Å². The lowest BCUT2D eigenvalue weighted by atomic mass is 9.73. The van der Waals surface area contributed by atoms with E-state index in [4.69, 9.17) is 0 Å². The number of thiophene rings is 1. The molecule has 1 fully saturated rings. The predicted octanol–water partition coefficient (Wildman–Crippen LogP) is 4.46. The second-order valence-corrected chi connectivity index (χ2v) is 8.11. The summed E-state index contributed by atoms with van der Waals surface area (Å²) in [7, 11) is 0. The lowest BCUT2D eigenvalue weighted by molar-refractivity contribution is 0.0554. The van der Waals surface area contributed by atoms with Gasteiger partial charge >= 0.3 is 0 Å². The number of aliphatic hydroxyl groups is 1. The molecule has 1 aromatic rings. The summed E-state index contributed by atoms with van der Waals surface area (Å²) in [6, 6.07) is 2.12. The number of hydrogen-bond donors (Lipinski definition) is 1. The van der Waals surface area contributed by atoms with Gasteiger partial charge in [-0.1, -0.05) is 13.8 Å². The fourth-order valence-electron chi connectivity index (χ4n) is 3.02. The molecule has 3 heteroatoms. The van der Waals surface area contributed by atoms with Crippen LogP contribution in [0.15, 0.2) is 11.4 Å². The molecule has 1 nitrogen and oxygen atoms in total. The lowest BCUT2D eigenvalue weighted by Gasteiger charge is -2.34. The van der Waals surface area contributed by atoms with E-state index in [-0.39, 0.29) is 6.10 Å². The molecule has 1 aromatic heterocycles. The van der Waals surface area contributed by atoms with Gasteiger partial charge in [-0.3, -0.25) is 0 Å². The summed E-state index contributed by atoms with van der Waals surface area (Å²) in [4.78, 5) is 0. The van der Waals surface area contributed by atoms with Crippen LogP contribution in [-0.2, 0) is 0 Å². The molecule has 1 aliphatic rings. The Morgan fingerprint density at radius 2 is 1.94 bits per heavy atom. The molecule has 1 N–H and O–H groups in total. The Bertz CT molecular complexity index is 339. The minimum absolute atomic E-state index is 0.245. The summed E-state index contributed by atoms with van der Waals surface area (Å²) in [5.74, 6) is 1.99. The molecular formula is C13H19IOS. The normalized spacial score (nSPS) is 32.6. The van der Waals surface area contributed by atoms with E-state index in [1.54, 1.807) is 11.3 Å². The van der Waals surface area contributed by atoms with Crippen LogP contribution >= 0.6 is 33.9 Å². The molecule has 0 spiro atoms. The highest BCUT2D eigenvalue weighted by molar-refractivity contribution is 14.1. The van der Waals surface area contributed by atoms with Gasteiger partial charge in [-0.05, 0) is 76.6 Å². The van der Waals surface area contributed by atoms with E-state index in [2.05, 4.69) is 47.9 Å². The maximum atomic E-state index is 10.4. The van der Waals surface area contributed by atoms with E-state index in [0.29, 0.717) is 5.92 Å². The summed E-state index contributed by atoms with van der Waals surface area (Å²) in [5.41, 5.74) is 1.13. The molecule has 0 aromatic carbocycles. The first kappa shape index (κ1) is 12.8. The van der Waals surface area contributed by atoms with Crippen LogP contribution in [0.1, 0.15) is 44.8 Å². The van der Waals surface area contributed by atoms with Gasteiger partial charge in [0.1, 0.15) is 0 Å². The molecule has 0 radical (unpaired) electrons. The van der Waals surface area contributed by atoms with Crippen LogP contribution in [0.4, 0.5) is 0 Å². The van der Waals surface area contributed by atoms with Gasteiger partial charge < -0.3 is 5.11 Å². The smallest absolute Gasteiger partial charge is 0.0826 e. The zero-order valence-corrected chi connectivity index (χ0v) is 12.8. The highest BCUT2D eigenvalue weighted by Gasteiger charge is 2.30. The summed E-state index contributed by atoms with van der Waals surface area (Å²) < 4.78 is 1.27. The molecule has 0 amide bonds. The molecule has 3 atom stereocenters. The predicted molar refractivity (Wildman–Crippen MR) is 77.7 cm³/mol. The summed E-state index contributed by atoms with van der Waals surface area (Å²) in [6.45, 7) is 4.62. The van der Waals surface area contributed by atoms with Crippen molar-refractivity contribution in [1.82, 2.24) is 0 Å². The topological polar surface area (TPSA) is 20.2 Å². The minimum atomic E-state index is -0.245. The Kier molecular flexibility index (Phi) is 4.30. The summed E-state index contributed by atoms with van der Waals surface area (Å²) >= 11 is 4.05. The van der Waals surface area contributed by atoms with Crippen LogP contribution in [-0.4, -0.2) is 5.11 Å². The molecule has 0 bridgehead atoms. The maximum Gasteiger partial charge on any atom is 0.0826 e. The zero-order valence-electron chi connectivity index (χ0n) is 9.82. The second-order valence-electron chi connectivity index (χ2n) is 5.31. The van der Waals surface area contributed by atoms with Crippen molar-refractivity contribution in [3.05, 3.63) is 19.9 Å². The van der Waals surface area contributed by atoms with Crippen molar-refractivity contribution in [2.24, 2.45) is 17.8 Å². The number of halogens is 1. The van der Waals surface area contributed by atoms with Crippen LogP contribution in [0.25, 0.3) is 0 Å². The first-order valence-corrected chi connectivity index (χ1v) is 7.94. The van der Waals surface area contributed by atoms with Crippen molar-refractivity contribution >= 4 is 33.9 Å². The lowest BCUT2D eigenvalue weighted by Crippen LogP contribution is -2.24. The quantitative estimate of drug-likeness (QED) is 0.781. The van der Waals surface area contributed by atoms with E-state index >= 15 is 0 Å². The van der Waals surface area contributed by atoms with Crippen molar-refractivity contribution in [3.8, 4) is 0 Å². The van der Waals surface area contributed by atoms with Crippen LogP contribution in [0.3, 0.4) is 0 Å². The molecule has 1 heterocycles. The Morgan fingerprint density at radius 3 is 2.44 bits per heavy atom. The van der Waals surface area contributed by atoms with Gasteiger partial charge in [-0.15, -0.1) is 11.3 Å². The second kappa shape index (κ2) is 5.36. The summed E-state index contributed by atoms with van der Waals surface area (Å²) in [6.07, 6.45) is 3.44. The summed E-state index contributed by atoms with van der Waals surface area (Å²) in [5, 5.41) is 12.5. The Labute approximate surface area is 115 Å². The van der Waals surface area contributed by atoms with Gasteiger partial charge in [-0.2, -0.15) is 0 Å². The maximum absolute atomic E-state index is 10.4. The largest absolute Gasteiger partial charge is 0.388 e. The molecule has 90 valence electrons. The highest BCUT2D eigenvalue weighted by atomic mass is 127. The third-order valence-corrected chi connectivity index (χ3v) is 5.40. The first-order valence-electron chi connectivity index (χ1n) is 5.98. The van der Waals surface area contributed by atoms with Crippen LogP contribution in [0.2, 0.25) is 0 Å². The van der Waals surface area contributed by atoms with E-state index in [9.17, 15) is 5.11 Å². The molecule has 1 saturated carbocycles. The van der Waals surface area contributed by atoms with E-state index in [0.717, 1.165) is 17.4 Å². The molecule has 3 unspecified atom stereocenters. The van der Waals surface area contributed by atoms with Crippen molar-refractivity contribution in [2.75, 3.05) is 0 Å². The van der Waals surface area contributed by atoms with Crippen molar-refractivity contribution < 1.29 is 5.11 Å². The van der Waals surface area contributed by atoms with Gasteiger partial charge in [0.25, 0.3) is 0 Å². The van der Waals surface area contributed by atoms with Crippen molar-refractivity contribution in [2.45, 2.75) is 39.2 Å². The van der Waals surface area contributed by atoms with E-state index in [1.165, 1.54) is 22.1 Å². The Hall–Kier alpha value is 0.390. The van der Waals surface area contributed by atoms with Crippen LogP contribution in [0, 0.1) is 20.6 Å². The Morgan fingerprint density at radius 1 is 1.31 bits per heavy atom. The van der Waals surface area contributed by atoms with Gasteiger partial charge in [0.15, 0.2) is 0 Å². The van der Waals surface area contributed by atoms with Gasteiger partial charge in [-0.25, -0.2) is 0 Å². The van der Waals surface area contributed by atoms with E-state index < -0.39 is 0 Å². The fraction of sp³-hybridized carbons (Fsp3) is 0.692. The SMILES string of the molecule is CC1CC(C)CC(C(O)c2csc(I)c2)C1. The molecule has 0 aliphatic heterocycles. The fourth-order valence-corrected chi connectivity index (χ4v) is 4.42. The molecule has 2 rings (SSSR count). The average molecular weight is 350 g/mol.